The number of ether oxygens (including phenoxy) is 1. The van der Waals surface area contributed by atoms with Crippen LogP contribution in [0.4, 0.5) is 10.1 Å². The van der Waals surface area contributed by atoms with Crippen LogP contribution < -0.4 is 10.6 Å². The lowest BCUT2D eigenvalue weighted by Gasteiger charge is -2.30. The van der Waals surface area contributed by atoms with Crippen molar-refractivity contribution in [1.29, 1.82) is 0 Å². The molecule has 2 fully saturated rings. The van der Waals surface area contributed by atoms with Crippen molar-refractivity contribution in [3.05, 3.63) is 30.1 Å². The first kappa shape index (κ1) is 18.6. The average molecular weight is 363 g/mol. The molecule has 1 unspecified atom stereocenters. The summed E-state index contributed by atoms with van der Waals surface area (Å²) in [7, 11) is 1.57. The predicted octanol–water partition coefficient (Wildman–Crippen LogP) is 1.77. The summed E-state index contributed by atoms with van der Waals surface area (Å²) in [5, 5.41) is 5.84. The zero-order valence-electron chi connectivity index (χ0n) is 15.1. The number of anilines is 1. The third-order valence-electron chi connectivity index (χ3n) is 5.30. The van der Waals surface area contributed by atoms with Gasteiger partial charge in [-0.3, -0.25) is 9.59 Å². The van der Waals surface area contributed by atoms with E-state index in [0.29, 0.717) is 44.2 Å². The molecule has 26 heavy (non-hydrogen) atoms. The quantitative estimate of drug-likeness (QED) is 0.837. The van der Waals surface area contributed by atoms with Crippen molar-refractivity contribution in [2.45, 2.75) is 31.2 Å². The van der Waals surface area contributed by atoms with Gasteiger partial charge in [0.25, 0.3) is 0 Å². The summed E-state index contributed by atoms with van der Waals surface area (Å²) in [6, 6.07) is 6.03. The van der Waals surface area contributed by atoms with Gasteiger partial charge < -0.3 is 20.3 Å². The number of carbonyl (C=O) groups is 2. The zero-order chi connectivity index (χ0) is 18.6. The minimum atomic E-state index is -0.937. The lowest BCUT2D eigenvalue weighted by Crippen LogP contribution is -2.54. The minimum absolute atomic E-state index is 0.0729. The molecule has 0 aliphatic carbocycles. The minimum Gasteiger partial charge on any atom is -0.381 e. The molecule has 2 heterocycles. The van der Waals surface area contributed by atoms with E-state index in [9.17, 15) is 14.0 Å². The lowest BCUT2D eigenvalue weighted by molar-refractivity contribution is -0.132. The Labute approximate surface area is 153 Å². The van der Waals surface area contributed by atoms with Crippen LogP contribution in [-0.2, 0) is 14.3 Å². The lowest BCUT2D eigenvalue weighted by atomic mass is 9.95. The number of rotatable bonds is 5. The number of halogens is 1. The predicted molar refractivity (Wildman–Crippen MR) is 96.2 cm³/mol. The van der Waals surface area contributed by atoms with E-state index in [1.165, 1.54) is 12.1 Å². The maximum absolute atomic E-state index is 13.5. The van der Waals surface area contributed by atoms with E-state index in [0.717, 1.165) is 12.8 Å². The third-order valence-corrected chi connectivity index (χ3v) is 5.30. The number of likely N-dealkylation sites (N-methyl/N-ethyl adjacent to an activating group) is 1. The molecular weight excluding hydrogens is 337 g/mol. The van der Waals surface area contributed by atoms with Crippen LogP contribution >= 0.6 is 0 Å². The van der Waals surface area contributed by atoms with Gasteiger partial charge >= 0.3 is 0 Å². The second-order valence-corrected chi connectivity index (χ2v) is 7.12. The Morgan fingerprint density at radius 1 is 1.35 bits per heavy atom. The van der Waals surface area contributed by atoms with E-state index < -0.39 is 5.54 Å². The van der Waals surface area contributed by atoms with Crippen molar-refractivity contribution in [2.75, 3.05) is 38.7 Å². The topological polar surface area (TPSA) is 70.7 Å². The van der Waals surface area contributed by atoms with Gasteiger partial charge in [0, 0.05) is 38.9 Å². The average Bonchev–Trinajstić information content (AvgIpc) is 3.07. The molecule has 1 aromatic carbocycles. The third kappa shape index (κ3) is 4.15. The van der Waals surface area contributed by atoms with Gasteiger partial charge in [-0.1, -0.05) is 6.07 Å². The summed E-state index contributed by atoms with van der Waals surface area (Å²) in [6.07, 6.45) is 2.79. The maximum atomic E-state index is 13.5. The normalized spacial score (nSPS) is 23.7. The Bertz CT molecular complexity index is 663. The summed E-state index contributed by atoms with van der Waals surface area (Å²) in [4.78, 5) is 27.0. The Morgan fingerprint density at radius 3 is 2.81 bits per heavy atom. The maximum Gasteiger partial charge on any atom is 0.247 e. The van der Waals surface area contributed by atoms with Crippen LogP contribution in [-0.4, -0.2) is 55.6 Å². The molecule has 2 aliphatic heterocycles. The first-order valence-electron chi connectivity index (χ1n) is 9.14. The highest BCUT2D eigenvalue weighted by Crippen LogP contribution is 2.29. The van der Waals surface area contributed by atoms with E-state index >= 15 is 0 Å². The summed E-state index contributed by atoms with van der Waals surface area (Å²) in [5.41, 5.74) is -0.402. The second-order valence-electron chi connectivity index (χ2n) is 7.12. The summed E-state index contributed by atoms with van der Waals surface area (Å²) in [5.74, 6) is -0.137. The molecule has 1 atom stereocenters. The highest BCUT2D eigenvalue weighted by molar-refractivity contribution is 5.91. The highest BCUT2D eigenvalue weighted by atomic mass is 19.1. The molecule has 7 heteroatoms. The number of likely N-dealkylation sites (tertiary alicyclic amines) is 1. The first-order chi connectivity index (χ1) is 12.5. The van der Waals surface area contributed by atoms with E-state index in [4.69, 9.17) is 4.74 Å². The molecule has 2 amide bonds. The van der Waals surface area contributed by atoms with Gasteiger partial charge in [-0.15, -0.1) is 0 Å². The fourth-order valence-corrected chi connectivity index (χ4v) is 3.78. The van der Waals surface area contributed by atoms with Gasteiger partial charge in [-0.2, -0.15) is 0 Å². The van der Waals surface area contributed by atoms with Crippen molar-refractivity contribution < 1.29 is 18.7 Å². The van der Waals surface area contributed by atoms with Gasteiger partial charge in [0.1, 0.15) is 11.4 Å². The molecule has 3 rings (SSSR count). The molecule has 2 N–H and O–H groups in total. The van der Waals surface area contributed by atoms with Crippen LogP contribution in [0.1, 0.15) is 25.7 Å². The highest BCUT2D eigenvalue weighted by Gasteiger charge is 2.45. The van der Waals surface area contributed by atoms with Gasteiger partial charge in [0.05, 0.1) is 6.54 Å². The Kier molecular flexibility index (Phi) is 5.76. The molecule has 0 saturated carbocycles. The van der Waals surface area contributed by atoms with Crippen molar-refractivity contribution in [3.63, 3.8) is 0 Å². The Hall–Kier alpha value is -2.15. The monoisotopic (exact) mass is 363 g/mol. The standard InChI is InChI=1S/C19H26FN3O3/c1-21-18(25)19(22-16-4-2-3-15(20)12-16)7-8-23(13-19)17(24)11-14-5-9-26-10-6-14/h2-4,12,14,22H,5-11,13H2,1H3,(H,21,25). The fraction of sp³-hybridized carbons (Fsp3) is 0.579. The van der Waals surface area contributed by atoms with Crippen molar-refractivity contribution in [2.24, 2.45) is 5.92 Å². The fourth-order valence-electron chi connectivity index (χ4n) is 3.78. The number of hydrogen-bond donors (Lipinski definition) is 2. The largest absolute Gasteiger partial charge is 0.381 e. The van der Waals surface area contributed by atoms with Crippen molar-refractivity contribution >= 4 is 17.5 Å². The molecule has 1 aromatic rings. The number of nitrogens with one attached hydrogen (secondary N) is 2. The van der Waals surface area contributed by atoms with Crippen LogP contribution in [0.3, 0.4) is 0 Å². The molecule has 2 aliphatic rings. The van der Waals surface area contributed by atoms with Gasteiger partial charge in [-0.25, -0.2) is 4.39 Å². The number of nitrogens with zero attached hydrogens (tertiary/aromatic N) is 1. The number of hydrogen-bond acceptors (Lipinski definition) is 4. The van der Waals surface area contributed by atoms with Gasteiger partial charge in [0.15, 0.2) is 0 Å². The number of carbonyl (C=O) groups excluding carboxylic acids is 2. The number of amides is 2. The van der Waals surface area contributed by atoms with Crippen LogP contribution in [0, 0.1) is 11.7 Å². The summed E-state index contributed by atoms with van der Waals surface area (Å²) < 4.78 is 18.8. The van der Waals surface area contributed by atoms with Gasteiger partial charge in [-0.05, 0) is 43.4 Å². The van der Waals surface area contributed by atoms with E-state index in [2.05, 4.69) is 10.6 Å². The molecule has 0 spiro atoms. The van der Waals surface area contributed by atoms with Crippen molar-refractivity contribution in [3.8, 4) is 0 Å². The molecule has 2 saturated heterocycles. The number of benzene rings is 1. The Balaban J connectivity index is 1.69. The molecular formula is C19H26FN3O3. The molecule has 0 radical (unpaired) electrons. The molecule has 0 bridgehead atoms. The van der Waals surface area contributed by atoms with Crippen molar-refractivity contribution in [1.82, 2.24) is 10.2 Å². The van der Waals surface area contributed by atoms with Gasteiger partial charge in [0.2, 0.25) is 11.8 Å². The van der Waals surface area contributed by atoms with E-state index in [-0.39, 0.29) is 24.2 Å². The molecule has 0 aromatic heterocycles. The molecule has 142 valence electrons. The Morgan fingerprint density at radius 2 is 2.12 bits per heavy atom. The SMILES string of the molecule is CNC(=O)C1(Nc2cccc(F)c2)CCN(C(=O)CC2CCOCC2)C1. The van der Waals surface area contributed by atoms with Crippen LogP contribution in [0.5, 0.6) is 0 Å². The summed E-state index contributed by atoms with van der Waals surface area (Å²) >= 11 is 0. The van der Waals surface area contributed by atoms with E-state index in [1.807, 2.05) is 0 Å². The first-order valence-corrected chi connectivity index (χ1v) is 9.14. The van der Waals surface area contributed by atoms with Crippen LogP contribution in [0.2, 0.25) is 0 Å². The van der Waals surface area contributed by atoms with Crippen LogP contribution in [0.15, 0.2) is 24.3 Å². The second kappa shape index (κ2) is 8.03. The van der Waals surface area contributed by atoms with Crippen LogP contribution in [0.25, 0.3) is 0 Å². The smallest absolute Gasteiger partial charge is 0.247 e. The van der Waals surface area contributed by atoms with E-state index in [1.54, 1.807) is 24.1 Å². The zero-order valence-corrected chi connectivity index (χ0v) is 15.1. The molecule has 6 nitrogen and oxygen atoms in total. The summed E-state index contributed by atoms with van der Waals surface area (Å²) in [6.45, 7) is 2.21.